The van der Waals surface area contributed by atoms with Gasteiger partial charge < -0.3 is 9.88 Å². The summed E-state index contributed by atoms with van der Waals surface area (Å²) in [6.07, 6.45) is 5.64. The maximum atomic E-state index is 11.6. The van der Waals surface area contributed by atoms with Crippen molar-refractivity contribution in [2.75, 3.05) is 36.5 Å². The number of aromatic nitrogens is 5. The molecule has 2 atom stereocenters. The maximum absolute atomic E-state index is 11.6. The van der Waals surface area contributed by atoms with E-state index in [4.69, 9.17) is 4.98 Å². The minimum atomic E-state index is -2.93. The molecule has 9 nitrogen and oxygen atoms in total. The second-order valence-corrected chi connectivity index (χ2v) is 13.5. The van der Waals surface area contributed by atoms with Crippen molar-refractivity contribution in [3.05, 3.63) is 41.3 Å². The second-order valence-electron chi connectivity index (χ2n) is 11.3. The first-order chi connectivity index (χ1) is 17.9. The smallest absolute Gasteiger partial charge is 0.158 e. The number of rotatable bonds is 7. The van der Waals surface area contributed by atoms with Crippen molar-refractivity contribution in [1.82, 2.24) is 29.5 Å². The average Bonchev–Trinajstić information content (AvgIpc) is 3.46. The molecular weight excluding hydrogens is 498 g/mol. The van der Waals surface area contributed by atoms with Gasteiger partial charge in [0.15, 0.2) is 5.65 Å². The lowest BCUT2D eigenvalue weighted by Crippen LogP contribution is -2.57. The molecule has 0 saturated carbocycles. The highest BCUT2D eigenvalue weighted by Gasteiger charge is 2.30. The van der Waals surface area contributed by atoms with Crippen LogP contribution in [0.4, 0.5) is 5.82 Å². The van der Waals surface area contributed by atoms with Crippen LogP contribution in [-0.4, -0.2) is 81.6 Å². The van der Waals surface area contributed by atoms with Crippen LogP contribution >= 0.6 is 0 Å². The molecule has 0 amide bonds. The molecule has 0 unspecified atom stereocenters. The Morgan fingerprint density at radius 2 is 1.87 bits per heavy atom. The lowest BCUT2D eigenvalue weighted by Gasteiger charge is -2.44. The van der Waals surface area contributed by atoms with Crippen molar-refractivity contribution in [2.45, 2.75) is 66.0 Å². The number of piperazine rings is 1. The van der Waals surface area contributed by atoms with Crippen LogP contribution in [0, 0.1) is 13.8 Å². The average molecular weight is 538 g/mol. The van der Waals surface area contributed by atoms with Crippen molar-refractivity contribution >= 4 is 32.3 Å². The Morgan fingerprint density at radius 3 is 2.58 bits per heavy atom. The molecule has 0 bridgehead atoms. The van der Waals surface area contributed by atoms with Crippen LogP contribution in [0.1, 0.15) is 56.7 Å². The van der Waals surface area contributed by atoms with Crippen LogP contribution in [0.3, 0.4) is 0 Å². The van der Waals surface area contributed by atoms with Gasteiger partial charge in [-0.1, -0.05) is 13.8 Å². The van der Waals surface area contributed by atoms with Gasteiger partial charge in [-0.25, -0.2) is 22.9 Å². The third-order valence-electron chi connectivity index (χ3n) is 8.01. The zero-order valence-electron chi connectivity index (χ0n) is 23.5. The number of fused-ring (bicyclic) bond motifs is 2. The number of nitrogens with zero attached hydrogens (tertiary/aromatic N) is 6. The van der Waals surface area contributed by atoms with Crippen molar-refractivity contribution in [3.63, 3.8) is 0 Å². The predicted octanol–water partition coefficient (Wildman–Crippen LogP) is 4.35. The number of pyridine rings is 2. The summed E-state index contributed by atoms with van der Waals surface area (Å²) in [5, 5.41) is 4.40. The van der Waals surface area contributed by atoms with Crippen molar-refractivity contribution in [2.24, 2.45) is 0 Å². The second kappa shape index (κ2) is 9.96. The third-order valence-corrected chi connectivity index (χ3v) is 9.04. The van der Waals surface area contributed by atoms with E-state index in [-0.39, 0.29) is 17.7 Å². The molecule has 1 N–H and O–H groups in total. The van der Waals surface area contributed by atoms with E-state index in [0.29, 0.717) is 12.5 Å². The molecule has 1 fully saturated rings. The molecule has 0 spiro atoms. The Labute approximate surface area is 225 Å². The number of hydrogen-bond acceptors (Lipinski definition) is 7. The van der Waals surface area contributed by atoms with Crippen LogP contribution in [0.5, 0.6) is 0 Å². The monoisotopic (exact) mass is 537 g/mol. The lowest BCUT2D eigenvalue weighted by molar-refractivity contribution is 0.166. The van der Waals surface area contributed by atoms with E-state index < -0.39 is 9.84 Å². The first-order valence-electron chi connectivity index (χ1n) is 13.5. The molecular formula is C28H39N7O2S. The van der Waals surface area contributed by atoms with Crippen LogP contribution in [0.25, 0.3) is 27.9 Å². The van der Waals surface area contributed by atoms with E-state index in [1.807, 2.05) is 4.52 Å². The SMILES string of the molecule is Cc1c(-c2[nH]c3ccc(N4C[C@H](C)N(CCCS(C)(=O)=O)C[C@H]4C)nc3c2C(C)C)cn2ncnc2c1C. The Morgan fingerprint density at radius 1 is 1.11 bits per heavy atom. The highest BCUT2D eigenvalue weighted by atomic mass is 32.2. The fourth-order valence-electron chi connectivity index (χ4n) is 5.82. The van der Waals surface area contributed by atoms with Gasteiger partial charge in [0.25, 0.3) is 0 Å². The summed E-state index contributed by atoms with van der Waals surface area (Å²) in [5.41, 5.74) is 8.66. The van der Waals surface area contributed by atoms with Gasteiger partial charge in [0.1, 0.15) is 22.0 Å². The van der Waals surface area contributed by atoms with Crippen LogP contribution in [0.15, 0.2) is 24.7 Å². The minimum Gasteiger partial charge on any atom is -0.353 e. The molecule has 1 aliphatic rings. The van der Waals surface area contributed by atoms with Gasteiger partial charge in [0.05, 0.1) is 22.5 Å². The molecule has 0 aliphatic carbocycles. The summed E-state index contributed by atoms with van der Waals surface area (Å²) in [6, 6.07) is 4.86. The highest BCUT2D eigenvalue weighted by Crippen LogP contribution is 2.38. The predicted molar refractivity (Wildman–Crippen MR) is 154 cm³/mol. The third kappa shape index (κ3) is 4.91. The van der Waals surface area contributed by atoms with E-state index in [9.17, 15) is 8.42 Å². The fraction of sp³-hybridized carbons (Fsp3) is 0.536. The molecule has 204 valence electrons. The summed E-state index contributed by atoms with van der Waals surface area (Å²) in [4.78, 5) is 18.1. The Bertz CT molecular complexity index is 1590. The van der Waals surface area contributed by atoms with Gasteiger partial charge in [0, 0.05) is 48.8 Å². The molecule has 38 heavy (non-hydrogen) atoms. The van der Waals surface area contributed by atoms with Gasteiger partial charge in [-0.05, 0) is 69.8 Å². The van der Waals surface area contributed by atoms with Gasteiger partial charge in [-0.2, -0.15) is 5.10 Å². The first-order valence-corrected chi connectivity index (χ1v) is 15.5. The van der Waals surface area contributed by atoms with Crippen molar-refractivity contribution in [1.29, 1.82) is 0 Å². The van der Waals surface area contributed by atoms with Crippen LogP contribution < -0.4 is 4.90 Å². The zero-order valence-corrected chi connectivity index (χ0v) is 24.3. The zero-order chi connectivity index (χ0) is 27.4. The van der Waals surface area contributed by atoms with Crippen LogP contribution in [-0.2, 0) is 9.84 Å². The van der Waals surface area contributed by atoms with Crippen LogP contribution in [0.2, 0.25) is 0 Å². The van der Waals surface area contributed by atoms with Gasteiger partial charge in [0.2, 0.25) is 0 Å². The molecule has 1 aliphatic heterocycles. The van der Waals surface area contributed by atoms with E-state index in [1.165, 1.54) is 17.4 Å². The fourth-order valence-corrected chi connectivity index (χ4v) is 6.48. The van der Waals surface area contributed by atoms with Crippen molar-refractivity contribution < 1.29 is 8.42 Å². The highest BCUT2D eigenvalue weighted by molar-refractivity contribution is 7.90. The molecule has 1 saturated heterocycles. The Kier molecular flexibility index (Phi) is 6.98. The topological polar surface area (TPSA) is 99.5 Å². The molecule has 5 rings (SSSR count). The number of aromatic amines is 1. The lowest BCUT2D eigenvalue weighted by atomic mass is 9.95. The summed E-state index contributed by atoms with van der Waals surface area (Å²) in [5.74, 6) is 1.50. The number of H-pyrrole nitrogens is 1. The number of aryl methyl sites for hydroxylation is 1. The number of hydrogen-bond donors (Lipinski definition) is 1. The molecule has 5 heterocycles. The summed E-state index contributed by atoms with van der Waals surface area (Å²) >= 11 is 0. The normalized spacial score (nSPS) is 19.3. The number of nitrogens with one attached hydrogen (secondary N) is 1. The minimum absolute atomic E-state index is 0.239. The van der Waals surface area contributed by atoms with Gasteiger partial charge >= 0.3 is 0 Å². The Hall–Kier alpha value is -2.98. The Balaban J connectivity index is 1.48. The number of anilines is 1. The first kappa shape index (κ1) is 26.6. The number of sulfone groups is 1. The standard InChI is InChI=1S/C28H39N7O2S/c1-17(2)25-26(22-15-35-28(29-16-30-35)21(6)20(22)5)31-23-9-10-24(32-27(23)25)34-14-18(3)33(13-19(34)4)11-8-12-38(7,36)37/h9-10,15-19,31H,8,11-14H2,1-7H3/t18-,19+/m0/s1. The summed E-state index contributed by atoms with van der Waals surface area (Å²) in [6.45, 7) is 15.7. The van der Waals surface area contributed by atoms with E-state index in [2.05, 4.69) is 84.7 Å². The molecule has 0 radical (unpaired) electrons. The summed E-state index contributed by atoms with van der Waals surface area (Å²) < 4.78 is 25.0. The van der Waals surface area contributed by atoms with Gasteiger partial charge in [-0.15, -0.1) is 0 Å². The summed E-state index contributed by atoms with van der Waals surface area (Å²) in [7, 11) is -2.93. The maximum Gasteiger partial charge on any atom is 0.158 e. The quantitative estimate of drug-likeness (QED) is 0.374. The van der Waals surface area contributed by atoms with E-state index in [0.717, 1.165) is 59.0 Å². The van der Waals surface area contributed by atoms with E-state index in [1.54, 1.807) is 6.33 Å². The molecule has 10 heteroatoms. The van der Waals surface area contributed by atoms with E-state index >= 15 is 0 Å². The largest absolute Gasteiger partial charge is 0.353 e. The molecule has 0 aromatic carbocycles. The molecule has 4 aromatic rings. The van der Waals surface area contributed by atoms with Crippen molar-refractivity contribution in [3.8, 4) is 11.3 Å². The molecule has 4 aromatic heterocycles. The van der Waals surface area contributed by atoms with Gasteiger partial charge in [-0.3, -0.25) is 4.90 Å².